The fraction of sp³-hybridized carbons (Fsp3) is 0.400. The summed E-state index contributed by atoms with van der Waals surface area (Å²) < 4.78 is 0. The summed E-state index contributed by atoms with van der Waals surface area (Å²) in [6.07, 6.45) is 1.69. The quantitative estimate of drug-likeness (QED) is 0.471. The standard InChI is InChI=1S/C5H6OS/c1-4-2-5(6)3-7-4/h2H,3H2,1H3. The lowest BCUT2D eigenvalue weighted by atomic mass is 10.4. The number of rotatable bonds is 0. The van der Waals surface area contributed by atoms with E-state index in [-0.39, 0.29) is 5.78 Å². The van der Waals surface area contributed by atoms with Crippen LogP contribution in [0.4, 0.5) is 0 Å². The van der Waals surface area contributed by atoms with Crippen molar-refractivity contribution in [2.45, 2.75) is 6.92 Å². The van der Waals surface area contributed by atoms with Gasteiger partial charge in [-0.3, -0.25) is 4.79 Å². The summed E-state index contributed by atoms with van der Waals surface area (Å²) in [6.45, 7) is 1.95. The van der Waals surface area contributed by atoms with Crippen molar-refractivity contribution < 1.29 is 4.79 Å². The number of carbonyl (C=O) groups is 1. The van der Waals surface area contributed by atoms with E-state index in [1.165, 1.54) is 0 Å². The fourth-order valence-electron chi connectivity index (χ4n) is 0.495. The summed E-state index contributed by atoms with van der Waals surface area (Å²) in [7, 11) is 0. The molecule has 0 fully saturated rings. The molecule has 0 aromatic heterocycles. The van der Waals surface area contributed by atoms with Gasteiger partial charge < -0.3 is 0 Å². The molecule has 0 saturated heterocycles. The lowest BCUT2D eigenvalue weighted by Crippen LogP contribution is -1.86. The maximum absolute atomic E-state index is 10.4. The highest BCUT2D eigenvalue weighted by Crippen LogP contribution is 2.20. The van der Waals surface area contributed by atoms with Crippen LogP contribution in [-0.4, -0.2) is 11.5 Å². The van der Waals surface area contributed by atoms with Crippen molar-refractivity contribution in [3.05, 3.63) is 11.0 Å². The zero-order chi connectivity index (χ0) is 5.28. The van der Waals surface area contributed by atoms with Crippen LogP contribution in [-0.2, 0) is 4.79 Å². The Hall–Kier alpha value is -0.240. The van der Waals surface area contributed by atoms with Gasteiger partial charge in [0.2, 0.25) is 0 Å². The third-order valence-corrected chi connectivity index (χ3v) is 1.81. The van der Waals surface area contributed by atoms with Gasteiger partial charge in [0.15, 0.2) is 5.78 Å². The summed E-state index contributed by atoms with van der Waals surface area (Å²) in [5.74, 6) is 0.911. The Bertz CT molecular complexity index is 126. The van der Waals surface area contributed by atoms with E-state index in [9.17, 15) is 4.79 Å². The second kappa shape index (κ2) is 1.70. The van der Waals surface area contributed by atoms with Gasteiger partial charge in [-0.2, -0.15) is 0 Å². The molecule has 0 bridgehead atoms. The van der Waals surface area contributed by atoms with Gasteiger partial charge in [0, 0.05) is 0 Å². The number of ketones is 1. The Morgan fingerprint density at radius 1 is 1.86 bits per heavy atom. The van der Waals surface area contributed by atoms with Gasteiger partial charge in [-0.05, 0) is 17.9 Å². The number of allylic oxidation sites excluding steroid dienone is 2. The fourth-order valence-corrected chi connectivity index (χ4v) is 1.16. The maximum atomic E-state index is 10.4. The van der Waals surface area contributed by atoms with Crippen molar-refractivity contribution in [2.75, 3.05) is 5.75 Å². The lowest BCUT2D eigenvalue weighted by molar-refractivity contribution is -0.112. The van der Waals surface area contributed by atoms with Gasteiger partial charge in [-0.15, -0.1) is 11.8 Å². The monoisotopic (exact) mass is 114 g/mol. The van der Waals surface area contributed by atoms with E-state index in [0.29, 0.717) is 5.75 Å². The minimum Gasteiger partial charge on any atom is -0.294 e. The van der Waals surface area contributed by atoms with Crippen molar-refractivity contribution in [1.82, 2.24) is 0 Å². The van der Waals surface area contributed by atoms with Crippen LogP contribution in [0.15, 0.2) is 11.0 Å². The Kier molecular flexibility index (Phi) is 1.19. The third-order valence-electron chi connectivity index (χ3n) is 0.806. The Balaban J connectivity index is 2.67. The van der Waals surface area contributed by atoms with Gasteiger partial charge in [-0.1, -0.05) is 0 Å². The summed E-state index contributed by atoms with van der Waals surface area (Å²) in [5, 5.41) is 0. The van der Waals surface area contributed by atoms with E-state index in [4.69, 9.17) is 0 Å². The van der Waals surface area contributed by atoms with E-state index in [2.05, 4.69) is 0 Å². The zero-order valence-electron chi connectivity index (χ0n) is 4.10. The van der Waals surface area contributed by atoms with Gasteiger partial charge in [0.25, 0.3) is 0 Å². The van der Waals surface area contributed by atoms with Crippen LogP contribution in [0.3, 0.4) is 0 Å². The number of thioether (sulfide) groups is 1. The predicted molar refractivity (Wildman–Crippen MR) is 31.2 cm³/mol. The molecular weight excluding hydrogens is 108 g/mol. The average molecular weight is 114 g/mol. The third kappa shape index (κ3) is 1.06. The van der Waals surface area contributed by atoms with Gasteiger partial charge >= 0.3 is 0 Å². The zero-order valence-corrected chi connectivity index (χ0v) is 4.92. The van der Waals surface area contributed by atoms with Crippen LogP contribution in [0.1, 0.15) is 6.92 Å². The highest BCUT2D eigenvalue weighted by atomic mass is 32.2. The normalized spacial score (nSPS) is 20.1. The topological polar surface area (TPSA) is 17.1 Å². The Morgan fingerprint density at radius 2 is 2.57 bits per heavy atom. The minimum atomic E-state index is 0.252. The van der Waals surface area contributed by atoms with E-state index >= 15 is 0 Å². The Labute approximate surface area is 46.8 Å². The molecule has 38 valence electrons. The van der Waals surface area contributed by atoms with Crippen molar-refractivity contribution >= 4 is 17.5 Å². The maximum Gasteiger partial charge on any atom is 0.166 e. The van der Waals surface area contributed by atoms with Crippen molar-refractivity contribution in [3.63, 3.8) is 0 Å². The molecule has 0 unspecified atom stereocenters. The molecule has 0 spiro atoms. The average Bonchev–Trinajstić information content (AvgIpc) is 1.87. The lowest BCUT2D eigenvalue weighted by Gasteiger charge is -1.79. The molecule has 1 aliphatic rings. The van der Waals surface area contributed by atoms with Crippen LogP contribution in [0, 0.1) is 0 Å². The second-order valence-corrected chi connectivity index (χ2v) is 2.73. The highest BCUT2D eigenvalue weighted by Gasteiger charge is 2.06. The molecule has 2 heteroatoms. The minimum absolute atomic E-state index is 0.252. The first kappa shape index (κ1) is 4.91. The van der Waals surface area contributed by atoms with Crippen LogP contribution < -0.4 is 0 Å². The molecule has 0 aromatic rings. The van der Waals surface area contributed by atoms with Crippen molar-refractivity contribution in [3.8, 4) is 0 Å². The summed E-state index contributed by atoms with van der Waals surface area (Å²) in [6, 6.07) is 0. The van der Waals surface area contributed by atoms with Gasteiger partial charge in [-0.25, -0.2) is 0 Å². The second-order valence-electron chi connectivity index (χ2n) is 1.51. The van der Waals surface area contributed by atoms with Crippen LogP contribution in [0.5, 0.6) is 0 Å². The first-order valence-electron chi connectivity index (χ1n) is 2.13. The smallest absolute Gasteiger partial charge is 0.166 e. The molecule has 0 aliphatic carbocycles. The number of carbonyl (C=O) groups excluding carboxylic acids is 1. The summed E-state index contributed by atoms with van der Waals surface area (Å²) in [5.41, 5.74) is 0. The van der Waals surface area contributed by atoms with Crippen LogP contribution >= 0.6 is 11.8 Å². The summed E-state index contributed by atoms with van der Waals surface area (Å²) in [4.78, 5) is 11.5. The van der Waals surface area contributed by atoms with Crippen LogP contribution in [0.25, 0.3) is 0 Å². The molecular formula is C5H6OS. The molecule has 0 aromatic carbocycles. The molecule has 0 radical (unpaired) electrons. The summed E-state index contributed by atoms with van der Waals surface area (Å²) >= 11 is 1.62. The molecule has 1 rings (SSSR count). The van der Waals surface area contributed by atoms with Crippen LogP contribution in [0.2, 0.25) is 0 Å². The van der Waals surface area contributed by atoms with E-state index in [1.807, 2.05) is 6.92 Å². The Morgan fingerprint density at radius 3 is 2.71 bits per heavy atom. The predicted octanol–water partition coefficient (Wildman–Crippen LogP) is 1.21. The van der Waals surface area contributed by atoms with Gasteiger partial charge in [0.05, 0.1) is 5.75 Å². The molecule has 1 nitrogen and oxygen atoms in total. The molecule has 0 saturated carbocycles. The van der Waals surface area contributed by atoms with E-state index < -0.39 is 0 Å². The van der Waals surface area contributed by atoms with Crippen molar-refractivity contribution in [2.24, 2.45) is 0 Å². The van der Waals surface area contributed by atoms with Gasteiger partial charge in [0.1, 0.15) is 0 Å². The first-order valence-corrected chi connectivity index (χ1v) is 3.11. The SMILES string of the molecule is CC1=CC(=O)CS1. The molecule has 0 N–H and O–H groups in total. The van der Waals surface area contributed by atoms with E-state index in [0.717, 1.165) is 4.91 Å². The molecule has 7 heavy (non-hydrogen) atoms. The molecule has 0 atom stereocenters. The molecule has 1 aliphatic heterocycles. The molecule has 0 amide bonds. The first-order chi connectivity index (χ1) is 3.29. The molecule has 1 heterocycles. The number of hydrogen-bond donors (Lipinski definition) is 0. The van der Waals surface area contributed by atoms with Crippen molar-refractivity contribution in [1.29, 1.82) is 0 Å². The highest BCUT2D eigenvalue weighted by molar-refractivity contribution is 8.04. The number of hydrogen-bond acceptors (Lipinski definition) is 2. The van der Waals surface area contributed by atoms with E-state index in [1.54, 1.807) is 17.8 Å². The largest absolute Gasteiger partial charge is 0.294 e.